The number of rotatable bonds is 4. The largest absolute Gasteiger partial charge is 0.744 e. The summed E-state index contributed by atoms with van der Waals surface area (Å²) in [4.78, 5) is -0.178. The van der Waals surface area contributed by atoms with Crippen LogP contribution in [0.1, 0.15) is 52.2 Å². The number of para-hydroxylation sites is 1. The second-order valence-electron chi connectivity index (χ2n) is 8.33. The lowest BCUT2D eigenvalue weighted by Crippen LogP contribution is -2.26. The van der Waals surface area contributed by atoms with Gasteiger partial charge in [0.15, 0.2) is 5.71 Å². The normalized spacial score (nSPS) is 15.3. The summed E-state index contributed by atoms with van der Waals surface area (Å²) in [6, 6.07) is 14.6. The molecule has 1 aliphatic heterocycles. The maximum atomic E-state index is 10.4. The first-order valence-corrected chi connectivity index (χ1v) is 11.1. The van der Waals surface area contributed by atoms with Gasteiger partial charge in [-0.2, -0.15) is 4.58 Å². The van der Waals surface area contributed by atoms with Crippen LogP contribution in [-0.4, -0.2) is 29.8 Å². The van der Waals surface area contributed by atoms with Crippen molar-refractivity contribution in [3.05, 3.63) is 59.7 Å². The van der Waals surface area contributed by atoms with Gasteiger partial charge in [0.1, 0.15) is 16.7 Å². The van der Waals surface area contributed by atoms with Crippen LogP contribution in [0, 0.1) is 12.8 Å². The predicted molar refractivity (Wildman–Crippen MR) is 114 cm³/mol. The van der Waals surface area contributed by atoms with Gasteiger partial charge >= 0.3 is 0 Å². The Labute approximate surface area is 169 Å². The highest BCUT2D eigenvalue weighted by Gasteiger charge is 2.42. The van der Waals surface area contributed by atoms with Crippen LogP contribution in [0.15, 0.2) is 53.4 Å². The van der Waals surface area contributed by atoms with Crippen LogP contribution in [0.5, 0.6) is 0 Å². The Kier molecular flexibility index (Phi) is 6.84. The van der Waals surface area contributed by atoms with Gasteiger partial charge < -0.3 is 4.55 Å². The third-order valence-electron chi connectivity index (χ3n) is 5.42. The van der Waals surface area contributed by atoms with Crippen LogP contribution in [0.2, 0.25) is 0 Å². The lowest BCUT2D eigenvalue weighted by Gasteiger charge is -2.14. The van der Waals surface area contributed by atoms with Crippen LogP contribution >= 0.6 is 0 Å². The monoisotopic (exact) mass is 401 g/mol. The van der Waals surface area contributed by atoms with E-state index in [9.17, 15) is 13.0 Å². The number of hydrogen-bond donors (Lipinski definition) is 0. The number of aryl methyl sites for hydroxylation is 1. The molecule has 0 saturated heterocycles. The van der Waals surface area contributed by atoms with E-state index in [1.807, 2.05) is 6.92 Å². The molecule has 1 heterocycles. The Morgan fingerprint density at radius 1 is 1.00 bits per heavy atom. The van der Waals surface area contributed by atoms with E-state index in [-0.39, 0.29) is 10.3 Å². The van der Waals surface area contributed by atoms with E-state index in [0.29, 0.717) is 0 Å². The maximum absolute atomic E-state index is 10.4. The van der Waals surface area contributed by atoms with E-state index in [1.165, 1.54) is 35.5 Å². The fraction of sp³-hybridized carbons (Fsp3) is 0.435. The highest BCUT2D eigenvalue weighted by Crippen LogP contribution is 2.39. The number of hydrogen-bond acceptors (Lipinski definition) is 3. The Morgan fingerprint density at radius 2 is 1.57 bits per heavy atom. The first kappa shape index (κ1) is 22.3. The molecule has 2 aromatic rings. The topological polar surface area (TPSA) is 60.2 Å². The summed E-state index contributed by atoms with van der Waals surface area (Å²) >= 11 is 0. The lowest BCUT2D eigenvalue weighted by atomic mass is 9.82. The summed E-state index contributed by atoms with van der Waals surface area (Å²) in [6.45, 7) is 14.5. The molecule has 5 heteroatoms. The molecule has 0 amide bonds. The zero-order valence-electron chi connectivity index (χ0n) is 17.7. The molecule has 3 rings (SSSR count). The SMILES string of the molecule is CC1=[N+](CCC(C)C)c2ccccc2C1(C)C.Cc1ccc(S(=O)(=O)[O-])cc1. The van der Waals surface area contributed by atoms with E-state index in [1.54, 1.807) is 12.1 Å². The fourth-order valence-corrected chi connectivity index (χ4v) is 3.80. The summed E-state index contributed by atoms with van der Waals surface area (Å²) in [5.74, 6) is 0.763. The second kappa shape index (κ2) is 8.58. The summed E-state index contributed by atoms with van der Waals surface area (Å²) in [7, 11) is -4.27. The summed E-state index contributed by atoms with van der Waals surface area (Å²) < 4.78 is 33.7. The van der Waals surface area contributed by atoms with Gasteiger partial charge in [-0.05, 0) is 38.8 Å². The van der Waals surface area contributed by atoms with Crippen molar-refractivity contribution in [3.8, 4) is 0 Å². The maximum Gasteiger partial charge on any atom is 0.209 e. The molecule has 0 aliphatic carbocycles. The summed E-state index contributed by atoms with van der Waals surface area (Å²) in [5.41, 5.74) is 5.49. The van der Waals surface area contributed by atoms with E-state index in [2.05, 4.69) is 63.5 Å². The summed E-state index contributed by atoms with van der Waals surface area (Å²) in [6.07, 6.45) is 1.25. The van der Waals surface area contributed by atoms with Crippen LogP contribution in [-0.2, 0) is 15.5 Å². The van der Waals surface area contributed by atoms with Crippen molar-refractivity contribution >= 4 is 21.5 Å². The molecule has 152 valence electrons. The molecule has 0 atom stereocenters. The smallest absolute Gasteiger partial charge is 0.209 e. The van der Waals surface area contributed by atoms with Crippen LogP contribution in [0.4, 0.5) is 5.69 Å². The van der Waals surface area contributed by atoms with Crippen molar-refractivity contribution in [2.24, 2.45) is 5.92 Å². The van der Waals surface area contributed by atoms with Gasteiger partial charge in [-0.3, -0.25) is 0 Å². The predicted octanol–water partition coefficient (Wildman–Crippen LogP) is 5.03. The number of nitrogens with zero attached hydrogens (tertiary/aromatic N) is 1. The Hall–Kier alpha value is -1.98. The molecule has 0 unspecified atom stereocenters. The Balaban J connectivity index is 0.000000221. The molecule has 1 aliphatic rings. The van der Waals surface area contributed by atoms with Gasteiger partial charge in [0.05, 0.1) is 10.3 Å². The molecular weight excluding hydrogens is 370 g/mol. The minimum absolute atomic E-state index is 0.178. The van der Waals surface area contributed by atoms with Gasteiger partial charge in [0.2, 0.25) is 5.69 Å². The van der Waals surface area contributed by atoms with E-state index in [4.69, 9.17) is 0 Å². The zero-order chi connectivity index (χ0) is 21.1. The molecule has 0 bridgehead atoms. The van der Waals surface area contributed by atoms with Gasteiger partial charge in [-0.25, -0.2) is 8.42 Å². The van der Waals surface area contributed by atoms with Crippen molar-refractivity contribution in [2.45, 2.75) is 58.3 Å². The van der Waals surface area contributed by atoms with Crippen LogP contribution in [0.25, 0.3) is 0 Å². The quantitative estimate of drug-likeness (QED) is 0.533. The molecule has 28 heavy (non-hydrogen) atoms. The molecule has 0 N–H and O–H groups in total. The van der Waals surface area contributed by atoms with E-state index in [0.717, 1.165) is 18.0 Å². The third kappa shape index (κ3) is 5.09. The minimum atomic E-state index is -4.27. The highest BCUT2D eigenvalue weighted by molar-refractivity contribution is 7.85. The molecule has 0 saturated carbocycles. The highest BCUT2D eigenvalue weighted by atomic mass is 32.2. The average Bonchev–Trinajstić information content (AvgIpc) is 2.80. The Morgan fingerprint density at radius 3 is 2.11 bits per heavy atom. The van der Waals surface area contributed by atoms with E-state index >= 15 is 0 Å². The van der Waals surface area contributed by atoms with Gasteiger partial charge in [0.25, 0.3) is 0 Å². The fourth-order valence-electron chi connectivity index (χ4n) is 3.33. The minimum Gasteiger partial charge on any atom is -0.744 e. The molecule has 0 spiro atoms. The standard InChI is InChI=1S/C16H24N.C7H8O3S/c1-12(2)10-11-17-13(3)16(4,5)14-8-6-7-9-15(14)17;1-6-2-4-7(5-3-6)11(8,9)10/h6-9,12H,10-11H2,1-5H3;2-5H,1H3,(H,8,9,10)/q+1;/p-1. The first-order chi connectivity index (χ1) is 12.9. The van der Waals surface area contributed by atoms with Crippen molar-refractivity contribution in [3.63, 3.8) is 0 Å². The van der Waals surface area contributed by atoms with Crippen molar-refractivity contribution in [1.82, 2.24) is 0 Å². The first-order valence-electron chi connectivity index (χ1n) is 9.68. The third-order valence-corrected chi connectivity index (χ3v) is 6.27. The molecule has 2 aromatic carbocycles. The van der Waals surface area contributed by atoms with Crippen LogP contribution < -0.4 is 0 Å². The molecular formula is C23H31NO3S. The van der Waals surface area contributed by atoms with Crippen LogP contribution in [0.3, 0.4) is 0 Å². The van der Waals surface area contributed by atoms with Gasteiger partial charge in [-0.1, -0.05) is 49.7 Å². The lowest BCUT2D eigenvalue weighted by molar-refractivity contribution is -0.440. The molecule has 0 aromatic heterocycles. The van der Waals surface area contributed by atoms with Crippen molar-refractivity contribution in [1.29, 1.82) is 0 Å². The number of fused-ring (bicyclic) bond motifs is 1. The molecule has 0 radical (unpaired) electrons. The second-order valence-corrected chi connectivity index (χ2v) is 9.71. The average molecular weight is 402 g/mol. The molecule has 4 nitrogen and oxygen atoms in total. The number of benzene rings is 2. The van der Waals surface area contributed by atoms with Gasteiger partial charge in [-0.15, -0.1) is 0 Å². The van der Waals surface area contributed by atoms with Crippen molar-refractivity contribution < 1.29 is 17.5 Å². The van der Waals surface area contributed by atoms with Gasteiger partial charge in [0, 0.05) is 25.0 Å². The van der Waals surface area contributed by atoms with Crippen molar-refractivity contribution in [2.75, 3.05) is 6.54 Å². The Bertz CT molecular complexity index is 956. The van der Waals surface area contributed by atoms with E-state index < -0.39 is 10.1 Å². The molecule has 0 fully saturated rings. The summed E-state index contributed by atoms with van der Waals surface area (Å²) in [5, 5.41) is 0. The zero-order valence-corrected chi connectivity index (χ0v) is 18.5.